The fourth-order valence-electron chi connectivity index (χ4n) is 0.599. The predicted octanol–water partition coefficient (Wildman–Crippen LogP) is 2.61. The van der Waals surface area contributed by atoms with Crippen molar-refractivity contribution in [3.05, 3.63) is 28.2 Å². The molecule has 0 unspecified atom stereocenters. The number of thiol groups is 1. The quantitative estimate of drug-likeness (QED) is 0.659. The van der Waals surface area contributed by atoms with E-state index in [2.05, 4.69) is 28.6 Å². The molecule has 0 aliphatic heterocycles. The van der Waals surface area contributed by atoms with Crippen LogP contribution in [-0.4, -0.2) is 0 Å². The Morgan fingerprint density at radius 1 is 1.50 bits per heavy atom. The third-order valence-corrected chi connectivity index (χ3v) is 2.04. The summed E-state index contributed by atoms with van der Waals surface area (Å²) in [5, 5.41) is 8.53. The van der Waals surface area contributed by atoms with Crippen LogP contribution >= 0.6 is 28.6 Å². The summed E-state index contributed by atoms with van der Waals surface area (Å²) in [6.07, 6.45) is 0. The Kier molecular flexibility index (Phi) is 2.36. The molecule has 0 spiro atoms. The summed E-state index contributed by atoms with van der Waals surface area (Å²) in [7, 11) is 0. The van der Waals surface area contributed by atoms with E-state index < -0.39 is 0 Å². The molecule has 0 aromatic heterocycles. The second-order valence-corrected chi connectivity index (χ2v) is 3.15. The van der Waals surface area contributed by atoms with Gasteiger partial charge in [0.2, 0.25) is 0 Å². The minimum Gasteiger partial charge on any atom is -0.192 e. The molecule has 1 nitrogen and oxygen atoms in total. The minimum atomic E-state index is 0.618. The van der Waals surface area contributed by atoms with Crippen LogP contribution < -0.4 is 0 Å². The van der Waals surface area contributed by atoms with Gasteiger partial charge in [-0.1, -0.05) is 0 Å². The van der Waals surface area contributed by atoms with Gasteiger partial charge in [-0.15, -0.1) is 12.6 Å². The SMILES string of the molecule is N#Cc1cc(S)ccc1Br. The van der Waals surface area contributed by atoms with E-state index in [1.54, 1.807) is 12.1 Å². The number of rotatable bonds is 0. The van der Waals surface area contributed by atoms with E-state index in [4.69, 9.17) is 5.26 Å². The van der Waals surface area contributed by atoms with E-state index in [-0.39, 0.29) is 0 Å². The van der Waals surface area contributed by atoms with Crippen molar-refractivity contribution in [1.29, 1.82) is 5.26 Å². The lowest BCUT2D eigenvalue weighted by Crippen LogP contribution is -1.75. The molecule has 0 bridgehead atoms. The van der Waals surface area contributed by atoms with E-state index in [0.29, 0.717) is 5.56 Å². The number of hydrogen-bond donors (Lipinski definition) is 1. The summed E-state index contributed by atoms with van der Waals surface area (Å²) >= 11 is 7.32. The van der Waals surface area contributed by atoms with Crippen molar-refractivity contribution in [2.24, 2.45) is 0 Å². The highest BCUT2D eigenvalue weighted by molar-refractivity contribution is 9.10. The lowest BCUT2D eigenvalue weighted by atomic mass is 10.2. The summed E-state index contributed by atoms with van der Waals surface area (Å²) < 4.78 is 0.813. The van der Waals surface area contributed by atoms with Crippen LogP contribution in [0.1, 0.15) is 5.56 Å². The van der Waals surface area contributed by atoms with Crippen molar-refractivity contribution < 1.29 is 0 Å². The fourth-order valence-corrected chi connectivity index (χ4v) is 1.14. The molecule has 1 aromatic rings. The average molecular weight is 214 g/mol. The molecule has 0 atom stereocenters. The van der Waals surface area contributed by atoms with Crippen molar-refractivity contribution in [2.45, 2.75) is 4.90 Å². The largest absolute Gasteiger partial charge is 0.192 e. The maximum absolute atomic E-state index is 8.53. The Balaban J connectivity index is 3.25. The summed E-state index contributed by atoms with van der Waals surface area (Å²) in [5.74, 6) is 0. The van der Waals surface area contributed by atoms with Crippen LogP contribution in [0.15, 0.2) is 27.6 Å². The first-order valence-electron chi connectivity index (χ1n) is 2.62. The Hall–Kier alpha value is -0.460. The van der Waals surface area contributed by atoms with Gasteiger partial charge in [-0.2, -0.15) is 5.26 Å². The molecule has 0 saturated heterocycles. The van der Waals surface area contributed by atoms with Crippen LogP contribution in [0.4, 0.5) is 0 Å². The van der Waals surface area contributed by atoms with E-state index in [1.165, 1.54) is 0 Å². The minimum absolute atomic E-state index is 0.618. The van der Waals surface area contributed by atoms with E-state index >= 15 is 0 Å². The molecule has 0 fully saturated rings. The van der Waals surface area contributed by atoms with E-state index in [0.717, 1.165) is 9.37 Å². The molecule has 0 radical (unpaired) electrons. The first-order valence-corrected chi connectivity index (χ1v) is 3.86. The smallest absolute Gasteiger partial charge is 0.100 e. The maximum atomic E-state index is 8.53. The molecule has 0 saturated carbocycles. The standard InChI is InChI=1S/C7H4BrNS/c8-7-2-1-6(10)3-5(7)4-9/h1-3,10H. The van der Waals surface area contributed by atoms with Gasteiger partial charge in [0.25, 0.3) is 0 Å². The lowest BCUT2D eigenvalue weighted by molar-refractivity contribution is 1.39. The number of benzene rings is 1. The zero-order chi connectivity index (χ0) is 7.56. The summed E-state index contributed by atoms with van der Waals surface area (Å²) in [6, 6.07) is 7.39. The van der Waals surface area contributed by atoms with Crippen molar-refractivity contribution in [1.82, 2.24) is 0 Å². The zero-order valence-electron chi connectivity index (χ0n) is 5.00. The molecule has 0 N–H and O–H groups in total. The van der Waals surface area contributed by atoms with Crippen LogP contribution in [0.25, 0.3) is 0 Å². The monoisotopic (exact) mass is 213 g/mol. The van der Waals surface area contributed by atoms with Crippen molar-refractivity contribution in [2.75, 3.05) is 0 Å². The highest BCUT2D eigenvalue weighted by Crippen LogP contribution is 2.18. The predicted molar refractivity (Wildman–Crippen MR) is 46.1 cm³/mol. The van der Waals surface area contributed by atoms with Gasteiger partial charge in [-0.3, -0.25) is 0 Å². The molecule has 0 amide bonds. The van der Waals surface area contributed by atoms with Crippen molar-refractivity contribution >= 4 is 28.6 Å². The molecule has 1 aromatic carbocycles. The molecule has 0 aliphatic rings. The molecule has 50 valence electrons. The van der Waals surface area contributed by atoms with Gasteiger partial charge in [-0.25, -0.2) is 0 Å². The third-order valence-electron chi connectivity index (χ3n) is 1.07. The second kappa shape index (κ2) is 3.09. The molecule has 3 heteroatoms. The summed E-state index contributed by atoms with van der Waals surface area (Å²) in [4.78, 5) is 0.805. The number of nitrogens with zero attached hydrogens (tertiary/aromatic N) is 1. The molecular formula is C7H4BrNS. The number of nitriles is 1. The molecular weight excluding hydrogens is 210 g/mol. The highest BCUT2D eigenvalue weighted by atomic mass is 79.9. The Labute approximate surface area is 73.2 Å². The van der Waals surface area contributed by atoms with Crippen molar-refractivity contribution in [3.63, 3.8) is 0 Å². The van der Waals surface area contributed by atoms with Crippen LogP contribution in [-0.2, 0) is 0 Å². The van der Waals surface area contributed by atoms with Gasteiger partial charge in [0.15, 0.2) is 0 Å². The average Bonchev–Trinajstić information content (AvgIpc) is 1.94. The van der Waals surface area contributed by atoms with Crippen molar-refractivity contribution in [3.8, 4) is 6.07 Å². The fraction of sp³-hybridized carbons (Fsp3) is 0. The van der Waals surface area contributed by atoms with Gasteiger partial charge in [0, 0.05) is 9.37 Å². The first-order chi connectivity index (χ1) is 4.74. The van der Waals surface area contributed by atoms with Crippen LogP contribution in [0.5, 0.6) is 0 Å². The van der Waals surface area contributed by atoms with E-state index in [1.807, 2.05) is 12.1 Å². The van der Waals surface area contributed by atoms with Gasteiger partial charge in [-0.05, 0) is 34.1 Å². The zero-order valence-corrected chi connectivity index (χ0v) is 7.48. The van der Waals surface area contributed by atoms with Gasteiger partial charge in [0.05, 0.1) is 5.56 Å². The van der Waals surface area contributed by atoms with E-state index in [9.17, 15) is 0 Å². The van der Waals surface area contributed by atoms with Gasteiger partial charge in [0.1, 0.15) is 6.07 Å². The Morgan fingerprint density at radius 2 is 2.20 bits per heavy atom. The Bertz CT molecular complexity index is 290. The number of halogens is 1. The summed E-state index contributed by atoms with van der Waals surface area (Å²) in [5.41, 5.74) is 0.618. The first kappa shape index (κ1) is 7.64. The molecule has 1 rings (SSSR count). The van der Waals surface area contributed by atoms with Gasteiger partial charge < -0.3 is 0 Å². The lowest BCUT2D eigenvalue weighted by Gasteiger charge is -1.93. The summed E-state index contributed by atoms with van der Waals surface area (Å²) in [6.45, 7) is 0. The maximum Gasteiger partial charge on any atom is 0.100 e. The molecule has 10 heavy (non-hydrogen) atoms. The topological polar surface area (TPSA) is 23.8 Å². The van der Waals surface area contributed by atoms with Gasteiger partial charge >= 0.3 is 0 Å². The highest BCUT2D eigenvalue weighted by Gasteiger charge is 1.96. The van der Waals surface area contributed by atoms with Crippen LogP contribution in [0.3, 0.4) is 0 Å². The van der Waals surface area contributed by atoms with Crippen LogP contribution in [0, 0.1) is 11.3 Å². The molecule has 0 aliphatic carbocycles. The number of hydrogen-bond acceptors (Lipinski definition) is 2. The van der Waals surface area contributed by atoms with Crippen LogP contribution in [0.2, 0.25) is 0 Å². The third kappa shape index (κ3) is 1.53. The normalized spacial score (nSPS) is 8.90. The Morgan fingerprint density at radius 3 is 2.70 bits per heavy atom. The molecule has 0 heterocycles. The second-order valence-electron chi connectivity index (χ2n) is 1.78.